The average Bonchev–Trinajstić information content (AvgIpc) is 2.21. The van der Waals surface area contributed by atoms with E-state index in [2.05, 4.69) is 31.2 Å². The average molecular weight is 193 g/mol. The molecule has 78 valence electrons. The number of benzene rings is 1. The Hall–Kier alpha value is -0.860. The van der Waals surface area contributed by atoms with E-state index in [0.29, 0.717) is 6.61 Å². The zero-order valence-electron chi connectivity index (χ0n) is 8.83. The number of hydrogen-bond donors (Lipinski definition) is 1. The van der Waals surface area contributed by atoms with E-state index in [9.17, 15) is 0 Å². The summed E-state index contributed by atoms with van der Waals surface area (Å²) in [6.45, 7) is 4.37. The molecule has 0 radical (unpaired) electrons. The molecule has 0 spiro atoms. The summed E-state index contributed by atoms with van der Waals surface area (Å²) in [4.78, 5) is 0. The second kappa shape index (κ2) is 6.57. The summed E-state index contributed by atoms with van der Waals surface area (Å²) in [5.74, 6) is 0. The van der Waals surface area contributed by atoms with Gasteiger partial charge in [0.2, 0.25) is 0 Å². The van der Waals surface area contributed by atoms with Crippen molar-refractivity contribution in [3.8, 4) is 0 Å². The van der Waals surface area contributed by atoms with Crippen LogP contribution >= 0.6 is 0 Å². The molecule has 1 rings (SSSR count). The van der Waals surface area contributed by atoms with Crippen LogP contribution in [0.2, 0.25) is 0 Å². The molecule has 0 atom stereocenters. The first-order valence-electron chi connectivity index (χ1n) is 5.16. The van der Waals surface area contributed by atoms with E-state index in [4.69, 9.17) is 10.5 Å². The zero-order valence-corrected chi connectivity index (χ0v) is 8.83. The number of ether oxygens (including phenoxy) is 1. The summed E-state index contributed by atoms with van der Waals surface area (Å²) in [5, 5.41) is 0. The molecule has 14 heavy (non-hydrogen) atoms. The van der Waals surface area contributed by atoms with Crippen LogP contribution in [0.1, 0.15) is 24.0 Å². The van der Waals surface area contributed by atoms with Crippen molar-refractivity contribution >= 4 is 0 Å². The molecule has 0 amide bonds. The lowest BCUT2D eigenvalue weighted by molar-refractivity contribution is 0.117. The van der Waals surface area contributed by atoms with Gasteiger partial charge >= 0.3 is 0 Å². The molecule has 0 saturated heterocycles. The highest BCUT2D eigenvalue weighted by atomic mass is 16.5. The Morgan fingerprint density at radius 3 is 2.50 bits per heavy atom. The summed E-state index contributed by atoms with van der Waals surface area (Å²) in [6, 6.07) is 8.44. The van der Waals surface area contributed by atoms with Gasteiger partial charge in [0.25, 0.3) is 0 Å². The lowest BCUT2D eigenvalue weighted by Gasteiger charge is -2.04. The van der Waals surface area contributed by atoms with E-state index in [1.54, 1.807) is 0 Å². The molecular formula is C12H19NO. The van der Waals surface area contributed by atoms with Gasteiger partial charge in [0, 0.05) is 6.61 Å². The van der Waals surface area contributed by atoms with Gasteiger partial charge in [-0.1, -0.05) is 29.8 Å². The zero-order chi connectivity index (χ0) is 10.2. The van der Waals surface area contributed by atoms with Crippen molar-refractivity contribution < 1.29 is 4.74 Å². The van der Waals surface area contributed by atoms with Gasteiger partial charge in [0.15, 0.2) is 0 Å². The second-order valence-corrected chi connectivity index (χ2v) is 3.53. The van der Waals surface area contributed by atoms with E-state index in [1.807, 2.05) is 0 Å². The number of rotatable bonds is 6. The predicted molar refractivity (Wildman–Crippen MR) is 59.1 cm³/mol. The maximum atomic E-state index is 5.51. The van der Waals surface area contributed by atoms with Gasteiger partial charge in [-0.25, -0.2) is 0 Å². The SMILES string of the molecule is Cc1ccc(COCCCCN)cc1. The van der Waals surface area contributed by atoms with Gasteiger partial charge in [-0.2, -0.15) is 0 Å². The van der Waals surface area contributed by atoms with Gasteiger partial charge in [0.1, 0.15) is 0 Å². The van der Waals surface area contributed by atoms with Crippen LogP contribution in [0.5, 0.6) is 0 Å². The van der Waals surface area contributed by atoms with Crippen molar-refractivity contribution in [2.45, 2.75) is 26.4 Å². The van der Waals surface area contributed by atoms with E-state index in [0.717, 1.165) is 26.0 Å². The monoisotopic (exact) mass is 193 g/mol. The molecule has 0 aliphatic carbocycles. The van der Waals surface area contributed by atoms with Crippen LogP contribution in [0.15, 0.2) is 24.3 Å². The second-order valence-electron chi connectivity index (χ2n) is 3.53. The van der Waals surface area contributed by atoms with Crippen LogP contribution < -0.4 is 5.73 Å². The quantitative estimate of drug-likeness (QED) is 0.703. The van der Waals surface area contributed by atoms with Crippen molar-refractivity contribution in [1.82, 2.24) is 0 Å². The van der Waals surface area contributed by atoms with Crippen molar-refractivity contribution in [1.29, 1.82) is 0 Å². The number of unbranched alkanes of at least 4 members (excludes halogenated alkanes) is 1. The largest absolute Gasteiger partial charge is 0.377 e. The molecule has 1 aromatic carbocycles. The summed E-state index contributed by atoms with van der Waals surface area (Å²) < 4.78 is 5.51. The van der Waals surface area contributed by atoms with Crippen LogP contribution in [-0.4, -0.2) is 13.2 Å². The van der Waals surface area contributed by atoms with Crippen molar-refractivity contribution in [2.24, 2.45) is 5.73 Å². The Balaban J connectivity index is 2.15. The standard InChI is InChI=1S/C12H19NO/c1-11-4-6-12(7-5-11)10-14-9-3-2-8-13/h4-7H,2-3,8-10,13H2,1H3. The maximum absolute atomic E-state index is 5.51. The van der Waals surface area contributed by atoms with Crippen LogP contribution in [0.3, 0.4) is 0 Å². The van der Waals surface area contributed by atoms with Crippen molar-refractivity contribution in [3.63, 3.8) is 0 Å². The van der Waals surface area contributed by atoms with Gasteiger partial charge in [-0.3, -0.25) is 0 Å². The predicted octanol–water partition coefficient (Wildman–Crippen LogP) is 2.25. The highest BCUT2D eigenvalue weighted by Crippen LogP contribution is 2.04. The van der Waals surface area contributed by atoms with E-state index in [1.165, 1.54) is 11.1 Å². The van der Waals surface area contributed by atoms with E-state index in [-0.39, 0.29) is 0 Å². The molecule has 0 aliphatic rings. The highest BCUT2D eigenvalue weighted by molar-refractivity contribution is 5.20. The molecule has 0 heterocycles. The van der Waals surface area contributed by atoms with Crippen LogP contribution in [0.25, 0.3) is 0 Å². The Labute approximate surface area is 86.1 Å². The molecule has 2 N–H and O–H groups in total. The van der Waals surface area contributed by atoms with Gasteiger partial charge < -0.3 is 10.5 Å². The molecule has 0 unspecified atom stereocenters. The summed E-state index contributed by atoms with van der Waals surface area (Å²) in [6.07, 6.45) is 2.11. The van der Waals surface area contributed by atoms with Crippen LogP contribution in [0.4, 0.5) is 0 Å². The topological polar surface area (TPSA) is 35.2 Å². The van der Waals surface area contributed by atoms with Gasteiger partial charge in [0.05, 0.1) is 6.61 Å². The molecular weight excluding hydrogens is 174 g/mol. The molecule has 0 fully saturated rings. The number of nitrogens with two attached hydrogens (primary N) is 1. The third-order valence-electron chi connectivity index (χ3n) is 2.13. The molecule has 2 nitrogen and oxygen atoms in total. The van der Waals surface area contributed by atoms with Gasteiger partial charge in [-0.15, -0.1) is 0 Å². The Bertz CT molecular complexity index is 243. The first kappa shape index (κ1) is 11.2. The lowest BCUT2D eigenvalue weighted by atomic mass is 10.2. The molecule has 1 aromatic rings. The minimum absolute atomic E-state index is 0.713. The summed E-state index contributed by atoms with van der Waals surface area (Å²) >= 11 is 0. The van der Waals surface area contributed by atoms with Crippen LogP contribution in [-0.2, 0) is 11.3 Å². The Kier molecular flexibility index (Phi) is 5.27. The van der Waals surface area contributed by atoms with Crippen molar-refractivity contribution in [3.05, 3.63) is 35.4 Å². The Morgan fingerprint density at radius 1 is 1.14 bits per heavy atom. The highest BCUT2D eigenvalue weighted by Gasteiger charge is 1.92. The number of hydrogen-bond acceptors (Lipinski definition) is 2. The van der Waals surface area contributed by atoms with Crippen LogP contribution in [0, 0.1) is 6.92 Å². The molecule has 0 bridgehead atoms. The summed E-state index contributed by atoms with van der Waals surface area (Å²) in [7, 11) is 0. The fraction of sp³-hybridized carbons (Fsp3) is 0.500. The normalized spacial score (nSPS) is 10.4. The maximum Gasteiger partial charge on any atom is 0.0716 e. The fourth-order valence-electron chi connectivity index (χ4n) is 1.22. The van der Waals surface area contributed by atoms with Crippen molar-refractivity contribution in [2.75, 3.05) is 13.2 Å². The first-order chi connectivity index (χ1) is 6.83. The first-order valence-corrected chi connectivity index (χ1v) is 5.16. The molecule has 2 heteroatoms. The molecule has 0 saturated carbocycles. The minimum Gasteiger partial charge on any atom is -0.377 e. The van der Waals surface area contributed by atoms with E-state index < -0.39 is 0 Å². The minimum atomic E-state index is 0.713. The Morgan fingerprint density at radius 2 is 1.86 bits per heavy atom. The molecule has 0 aliphatic heterocycles. The summed E-state index contributed by atoms with van der Waals surface area (Å²) in [5.41, 5.74) is 7.91. The number of aryl methyl sites for hydroxylation is 1. The lowest BCUT2D eigenvalue weighted by Crippen LogP contribution is -2.01. The van der Waals surface area contributed by atoms with Gasteiger partial charge in [-0.05, 0) is 31.9 Å². The van der Waals surface area contributed by atoms with E-state index >= 15 is 0 Å². The smallest absolute Gasteiger partial charge is 0.0716 e. The fourth-order valence-corrected chi connectivity index (χ4v) is 1.22. The molecule has 0 aromatic heterocycles. The third kappa shape index (κ3) is 4.40. The third-order valence-corrected chi connectivity index (χ3v) is 2.13.